The summed E-state index contributed by atoms with van der Waals surface area (Å²) < 4.78 is 13.2. The average Bonchev–Trinajstić information content (AvgIpc) is 2.38. The lowest BCUT2D eigenvalue weighted by molar-refractivity contribution is -0.124. The van der Waals surface area contributed by atoms with Gasteiger partial charge in [-0.1, -0.05) is 0 Å². The smallest absolute Gasteiger partial charge is 0.236 e. The number of pyridine rings is 1. The number of carbonyl (C=O) groups is 1. The van der Waals surface area contributed by atoms with E-state index in [4.69, 9.17) is 5.73 Å². The lowest BCUT2D eigenvalue weighted by atomic mass is 10.0. The van der Waals surface area contributed by atoms with Crippen molar-refractivity contribution in [3.63, 3.8) is 0 Å². The van der Waals surface area contributed by atoms with Crippen LogP contribution in [0.5, 0.6) is 0 Å². The molecule has 0 aromatic carbocycles. The van der Waals surface area contributed by atoms with E-state index >= 15 is 0 Å². The molecule has 6 heteroatoms. The van der Waals surface area contributed by atoms with Crippen LogP contribution in [0.25, 0.3) is 0 Å². The van der Waals surface area contributed by atoms with Crippen LogP contribution in [0.1, 0.15) is 18.5 Å². The van der Waals surface area contributed by atoms with Gasteiger partial charge in [0.2, 0.25) is 5.91 Å². The molecule has 2 heterocycles. The summed E-state index contributed by atoms with van der Waals surface area (Å²) in [4.78, 5) is 17.2. The van der Waals surface area contributed by atoms with Crippen molar-refractivity contribution in [1.82, 2.24) is 15.2 Å². The summed E-state index contributed by atoms with van der Waals surface area (Å²) in [5.41, 5.74) is 6.15. The quantitative estimate of drug-likeness (QED) is 0.797. The van der Waals surface area contributed by atoms with E-state index in [0.29, 0.717) is 13.1 Å². The van der Waals surface area contributed by atoms with Crippen molar-refractivity contribution in [3.8, 4) is 0 Å². The van der Waals surface area contributed by atoms with Crippen LogP contribution < -0.4 is 11.1 Å². The van der Waals surface area contributed by atoms with Crippen LogP contribution in [0.15, 0.2) is 18.5 Å². The van der Waals surface area contributed by atoms with E-state index in [9.17, 15) is 9.18 Å². The Hall–Kier alpha value is -1.53. The topological polar surface area (TPSA) is 71.2 Å². The third kappa shape index (κ3) is 2.65. The number of rotatable bonds is 3. The van der Waals surface area contributed by atoms with Crippen molar-refractivity contribution in [2.24, 2.45) is 5.73 Å². The van der Waals surface area contributed by atoms with Crippen molar-refractivity contribution >= 4 is 5.91 Å². The average molecular weight is 252 g/mol. The normalized spacial score (nSPS) is 22.7. The molecule has 18 heavy (non-hydrogen) atoms. The van der Waals surface area contributed by atoms with Gasteiger partial charge in [0.1, 0.15) is 11.9 Å². The zero-order valence-corrected chi connectivity index (χ0v) is 10.3. The minimum atomic E-state index is -0.370. The molecule has 2 unspecified atom stereocenters. The highest BCUT2D eigenvalue weighted by Crippen LogP contribution is 2.23. The number of halogens is 1. The molecule has 1 aliphatic rings. The summed E-state index contributed by atoms with van der Waals surface area (Å²) in [6.45, 7) is 3.95. The van der Waals surface area contributed by atoms with Gasteiger partial charge in [-0.15, -0.1) is 0 Å². The van der Waals surface area contributed by atoms with Crippen molar-refractivity contribution in [2.75, 3.05) is 19.6 Å². The van der Waals surface area contributed by atoms with E-state index in [0.717, 1.165) is 12.1 Å². The fraction of sp³-hybridized carbons (Fsp3) is 0.500. The summed E-state index contributed by atoms with van der Waals surface area (Å²) in [5.74, 6) is -0.733. The monoisotopic (exact) mass is 252 g/mol. The molecule has 2 rings (SSSR count). The van der Waals surface area contributed by atoms with Gasteiger partial charge >= 0.3 is 0 Å². The SMILES string of the molecule is CC(c1cncc(F)c1)N1CCNCC1C(N)=O. The van der Waals surface area contributed by atoms with Crippen LogP contribution in [0.2, 0.25) is 0 Å². The molecule has 0 bridgehead atoms. The Labute approximate surface area is 105 Å². The molecule has 1 aromatic rings. The highest BCUT2D eigenvalue weighted by molar-refractivity contribution is 5.80. The van der Waals surface area contributed by atoms with Crippen molar-refractivity contribution in [1.29, 1.82) is 0 Å². The molecule has 1 amide bonds. The van der Waals surface area contributed by atoms with Gasteiger partial charge in [0.05, 0.1) is 6.20 Å². The van der Waals surface area contributed by atoms with Crippen LogP contribution in [0, 0.1) is 5.82 Å². The number of hydrogen-bond acceptors (Lipinski definition) is 4. The Kier molecular flexibility index (Phi) is 3.88. The first-order valence-electron chi connectivity index (χ1n) is 5.96. The number of amides is 1. The Morgan fingerprint density at radius 2 is 2.44 bits per heavy atom. The van der Waals surface area contributed by atoms with Gasteiger partial charge in [0.15, 0.2) is 0 Å². The molecule has 3 N–H and O–H groups in total. The van der Waals surface area contributed by atoms with Crippen molar-refractivity contribution in [3.05, 3.63) is 29.8 Å². The van der Waals surface area contributed by atoms with Gasteiger partial charge in [-0.2, -0.15) is 0 Å². The standard InChI is InChI=1S/C12H17FN4O/c1-8(9-4-10(13)6-16-5-9)17-3-2-15-7-11(17)12(14)18/h4-6,8,11,15H,2-3,7H2,1H3,(H2,14,18). The number of carbonyl (C=O) groups excluding carboxylic acids is 1. The Morgan fingerprint density at radius 3 is 3.11 bits per heavy atom. The minimum Gasteiger partial charge on any atom is -0.368 e. The highest BCUT2D eigenvalue weighted by Gasteiger charge is 2.31. The van der Waals surface area contributed by atoms with Crippen molar-refractivity contribution in [2.45, 2.75) is 19.0 Å². The van der Waals surface area contributed by atoms with Crippen LogP contribution in [0.4, 0.5) is 4.39 Å². The maximum Gasteiger partial charge on any atom is 0.236 e. The van der Waals surface area contributed by atoms with Crippen LogP contribution >= 0.6 is 0 Å². The zero-order chi connectivity index (χ0) is 13.1. The van der Waals surface area contributed by atoms with E-state index in [1.807, 2.05) is 11.8 Å². The molecule has 98 valence electrons. The first kappa shape index (κ1) is 12.9. The Morgan fingerprint density at radius 1 is 1.67 bits per heavy atom. The van der Waals surface area contributed by atoms with Gasteiger partial charge in [-0.25, -0.2) is 4.39 Å². The van der Waals surface area contributed by atoms with Crippen molar-refractivity contribution < 1.29 is 9.18 Å². The Bertz CT molecular complexity index is 440. The number of piperazine rings is 1. The fourth-order valence-corrected chi connectivity index (χ4v) is 2.30. The first-order chi connectivity index (χ1) is 8.59. The lowest BCUT2D eigenvalue weighted by Gasteiger charge is -2.38. The molecule has 0 spiro atoms. The molecule has 5 nitrogen and oxygen atoms in total. The summed E-state index contributed by atoms with van der Waals surface area (Å²) >= 11 is 0. The number of nitrogens with one attached hydrogen (secondary N) is 1. The molecule has 1 fully saturated rings. The van der Waals surface area contributed by atoms with Crippen LogP contribution in [-0.2, 0) is 4.79 Å². The van der Waals surface area contributed by atoms with Gasteiger partial charge < -0.3 is 11.1 Å². The molecule has 1 saturated heterocycles. The predicted octanol–water partition coefficient (Wildman–Crippen LogP) is 0.0408. The first-order valence-corrected chi connectivity index (χ1v) is 5.96. The highest BCUT2D eigenvalue weighted by atomic mass is 19.1. The second kappa shape index (κ2) is 5.41. The van der Waals surface area contributed by atoms with Gasteiger partial charge in [-0.3, -0.25) is 14.7 Å². The molecule has 2 atom stereocenters. The number of nitrogens with zero attached hydrogens (tertiary/aromatic N) is 2. The lowest BCUT2D eigenvalue weighted by Crippen LogP contribution is -2.57. The van der Waals surface area contributed by atoms with Crippen LogP contribution in [-0.4, -0.2) is 41.5 Å². The molecule has 0 aliphatic carbocycles. The Balaban J connectivity index is 2.20. The van der Waals surface area contributed by atoms with Gasteiger partial charge in [-0.05, 0) is 18.6 Å². The summed E-state index contributed by atoms with van der Waals surface area (Å²) in [7, 11) is 0. The summed E-state index contributed by atoms with van der Waals surface area (Å²) in [6, 6.07) is 0.988. The van der Waals surface area contributed by atoms with E-state index in [1.54, 1.807) is 6.20 Å². The van der Waals surface area contributed by atoms with E-state index in [2.05, 4.69) is 10.3 Å². The molecule has 0 saturated carbocycles. The zero-order valence-electron chi connectivity index (χ0n) is 10.3. The second-order valence-corrected chi connectivity index (χ2v) is 4.47. The van der Waals surface area contributed by atoms with Crippen LogP contribution in [0.3, 0.4) is 0 Å². The molecule has 0 radical (unpaired) electrons. The minimum absolute atomic E-state index is 0.0900. The number of nitrogens with two attached hydrogens (primary N) is 1. The maximum atomic E-state index is 13.2. The summed E-state index contributed by atoms with van der Waals surface area (Å²) in [6.07, 6.45) is 2.79. The largest absolute Gasteiger partial charge is 0.368 e. The molecule has 1 aliphatic heterocycles. The predicted molar refractivity (Wildman–Crippen MR) is 65.2 cm³/mol. The van der Waals surface area contributed by atoms with Gasteiger partial charge in [0, 0.05) is 31.9 Å². The second-order valence-electron chi connectivity index (χ2n) is 4.47. The van der Waals surface area contributed by atoms with E-state index in [1.165, 1.54) is 12.3 Å². The molecular formula is C12H17FN4O. The maximum absolute atomic E-state index is 13.2. The third-order valence-corrected chi connectivity index (χ3v) is 3.32. The molecular weight excluding hydrogens is 235 g/mol. The third-order valence-electron chi connectivity index (χ3n) is 3.32. The molecule has 1 aromatic heterocycles. The fourth-order valence-electron chi connectivity index (χ4n) is 2.30. The summed E-state index contributed by atoms with van der Waals surface area (Å²) in [5, 5.41) is 3.13. The number of aromatic nitrogens is 1. The number of hydrogen-bond donors (Lipinski definition) is 2. The number of primary amides is 1. The van der Waals surface area contributed by atoms with E-state index in [-0.39, 0.29) is 23.8 Å². The van der Waals surface area contributed by atoms with Gasteiger partial charge in [0.25, 0.3) is 0 Å². The van der Waals surface area contributed by atoms with E-state index < -0.39 is 0 Å².